The zero-order chi connectivity index (χ0) is 14.5. The first-order valence-corrected chi connectivity index (χ1v) is 7.64. The van der Waals surface area contributed by atoms with Crippen LogP contribution in [0.2, 0.25) is 0 Å². The van der Waals surface area contributed by atoms with Crippen LogP contribution in [0.25, 0.3) is 0 Å². The lowest BCUT2D eigenvalue weighted by molar-refractivity contribution is -0.117. The van der Waals surface area contributed by atoms with Gasteiger partial charge in [-0.2, -0.15) is 0 Å². The molecule has 1 aliphatic carbocycles. The zero-order valence-electron chi connectivity index (χ0n) is 12.9. The summed E-state index contributed by atoms with van der Waals surface area (Å²) in [7, 11) is 2.07. The summed E-state index contributed by atoms with van der Waals surface area (Å²) in [5, 5.41) is 3.04. The van der Waals surface area contributed by atoms with Crippen molar-refractivity contribution in [1.82, 2.24) is 4.90 Å². The fourth-order valence-corrected chi connectivity index (χ4v) is 2.95. The molecule has 0 spiro atoms. The third kappa shape index (κ3) is 3.83. The molecule has 0 atom stereocenters. The number of hydrogen-bond donors (Lipinski definition) is 1. The Bertz CT molecular complexity index is 464. The third-order valence-electron chi connectivity index (χ3n) is 4.47. The lowest BCUT2D eigenvalue weighted by Crippen LogP contribution is -2.39. The molecule has 1 saturated carbocycles. The van der Waals surface area contributed by atoms with E-state index in [4.69, 9.17) is 0 Å². The number of likely N-dealkylation sites (N-methyl/N-ethyl adjacent to an activating group) is 1. The summed E-state index contributed by atoms with van der Waals surface area (Å²) >= 11 is 0. The van der Waals surface area contributed by atoms with Crippen LogP contribution in [0.4, 0.5) is 5.69 Å². The zero-order valence-corrected chi connectivity index (χ0v) is 12.9. The first kappa shape index (κ1) is 15.0. The molecule has 0 bridgehead atoms. The van der Waals surface area contributed by atoms with Gasteiger partial charge in [-0.1, -0.05) is 31.4 Å². The number of aryl methyl sites for hydroxylation is 1. The number of nitrogens with zero attached hydrogens (tertiary/aromatic N) is 1. The molecular formula is C17H26N2O. The quantitative estimate of drug-likeness (QED) is 0.911. The van der Waals surface area contributed by atoms with Crippen molar-refractivity contribution in [2.75, 3.05) is 18.9 Å². The summed E-state index contributed by atoms with van der Waals surface area (Å²) in [6.45, 7) is 4.60. The molecule has 110 valence electrons. The average molecular weight is 274 g/mol. The van der Waals surface area contributed by atoms with Gasteiger partial charge in [0.15, 0.2) is 0 Å². The average Bonchev–Trinajstić information content (AvgIpc) is 2.45. The van der Waals surface area contributed by atoms with Crippen molar-refractivity contribution in [2.45, 2.75) is 52.0 Å². The molecule has 2 rings (SSSR count). The second-order valence-electron chi connectivity index (χ2n) is 6.00. The second-order valence-corrected chi connectivity index (χ2v) is 6.00. The van der Waals surface area contributed by atoms with E-state index >= 15 is 0 Å². The second kappa shape index (κ2) is 6.89. The number of nitrogens with one attached hydrogen (secondary N) is 1. The molecule has 3 nitrogen and oxygen atoms in total. The number of carbonyl (C=O) groups is 1. The fourth-order valence-electron chi connectivity index (χ4n) is 2.95. The molecule has 0 saturated heterocycles. The topological polar surface area (TPSA) is 32.3 Å². The molecule has 1 fully saturated rings. The number of amides is 1. The lowest BCUT2D eigenvalue weighted by atomic mass is 9.94. The van der Waals surface area contributed by atoms with Crippen molar-refractivity contribution in [3.63, 3.8) is 0 Å². The van der Waals surface area contributed by atoms with E-state index in [-0.39, 0.29) is 5.91 Å². The summed E-state index contributed by atoms with van der Waals surface area (Å²) in [6, 6.07) is 6.61. The first-order chi connectivity index (χ1) is 9.58. The smallest absolute Gasteiger partial charge is 0.238 e. The summed E-state index contributed by atoms with van der Waals surface area (Å²) in [6.07, 6.45) is 6.40. The Hall–Kier alpha value is -1.35. The van der Waals surface area contributed by atoms with Crippen molar-refractivity contribution in [3.05, 3.63) is 29.3 Å². The van der Waals surface area contributed by atoms with Crippen LogP contribution in [0.15, 0.2) is 18.2 Å². The summed E-state index contributed by atoms with van der Waals surface area (Å²) in [5.41, 5.74) is 3.30. The third-order valence-corrected chi connectivity index (χ3v) is 4.47. The van der Waals surface area contributed by atoms with E-state index in [2.05, 4.69) is 37.2 Å². The summed E-state index contributed by atoms with van der Waals surface area (Å²) in [4.78, 5) is 14.4. The summed E-state index contributed by atoms with van der Waals surface area (Å²) in [5.74, 6) is 0.0896. The predicted molar refractivity (Wildman–Crippen MR) is 84.0 cm³/mol. The number of carbonyl (C=O) groups excluding carboxylic acids is 1. The van der Waals surface area contributed by atoms with Crippen LogP contribution in [0.1, 0.15) is 43.2 Å². The Morgan fingerprint density at radius 3 is 2.65 bits per heavy atom. The summed E-state index contributed by atoms with van der Waals surface area (Å²) < 4.78 is 0. The highest BCUT2D eigenvalue weighted by Gasteiger charge is 2.19. The monoisotopic (exact) mass is 274 g/mol. The van der Waals surface area contributed by atoms with E-state index in [0.717, 1.165) is 11.3 Å². The number of hydrogen-bond acceptors (Lipinski definition) is 2. The Kier molecular flexibility index (Phi) is 5.18. The first-order valence-electron chi connectivity index (χ1n) is 7.64. The maximum absolute atomic E-state index is 12.2. The van der Waals surface area contributed by atoms with Crippen LogP contribution < -0.4 is 5.32 Å². The van der Waals surface area contributed by atoms with E-state index in [9.17, 15) is 4.79 Å². The van der Waals surface area contributed by atoms with E-state index in [1.807, 2.05) is 12.1 Å². The molecule has 1 aromatic carbocycles. The molecule has 0 aromatic heterocycles. The number of benzene rings is 1. The van der Waals surface area contributed by atoms with Crippen LogP contribution in [0, 0.1) is 13.8 Å². The van der Waals surface area contributed by atoms with Crippen molar-refractivity contribution in [3.8, 4) is 0 Å². The fraction of sp³-hybridized carbons (Fsp3) is 0.588. The van der Waals surface area contributed by atoms with E-state index in [0.29, 0.717) is 12.6 Å². The largest absolute Gasteiger partial charge is 0.325 e. The van der Waals surface area contributed by atoms with Gasteiger partial charge in [0, 0.05) is 11.7 Å². The molecule has 1 amide bonds. The molecule has 3 heteroatoms. The van der Waals surface area contributed by atoms with Crippen LogP contribution in [-0.4, -0.2) is 30.4 Å². The van der Waals surface area contributed by atoms with Gasteiger partial charge in [-0.25, -0.2) is 0 Å². The van der Waals surface area contributed by atoms with Gasteiger partial charge in [-0.05, 0) is 50.9 Å². The SMILES string of the molecule is Cc1cccc(NC(=O)CN(C)C2CCCCC2)c1C. The van der Waals surface area contributed by atoms with E-state index < -0.39 is 0 Å². The molecule has 0 heterocycles. The molecule has 0 unspecified atom stereocenters. The molecule has 0 aliphatic heterocycles. The van der Waals surface area contributed by atoms with Crippen molar-refractivity contribution < 1.29 is 4.79 Å². The molecule has 20 heavy (non-hydrogen) atoms. The van der Waals surface area contributed by atoms with Gasteiger partial charge in [-0.15, -0.1) is 0 Å². The Balaban J connectivity index is 1.90. The Morgan fingerprint density at radius 2 is 1.95 bits per heavy atom. The lowest BCUT2D eigenvalue weighted by Gasteiger charge is -2.30. The minimum absolute atomic E-state index is 0.0896. The van der Waals surface area contributed by atoms with Gasteiger partial charge in [0.25, 0.3) is 0 Å². The highest BCUT2D eigenvalue weighted by atomic mass is 16.2. The molecule has 1 aliphatic rings. The van der Waals surface area contributed by atoms with Crippen molar-refractivity contribution in [1.29, 1.82) is 0 Å². The van der Waals surface area contributed by atoms with E-state index in [1.54, 1.807) is 0 Å². The van der Waals surface area contributed by atoms with Gasteiger partial charge in [0.2, 0.25) is 5.91 Å². The van der Waals surface area contributed by atoms with Gasteiger partial charge in [0.05, 0.1) is 6.54 Å². The van der Waals surface area contributed by atoms with Gasteiger partial charge in [-0.3, -0.25) is 9.69 Å². The van der Waals surface area contributed by atoms with Crippen LogP contribution in [0.3, 0.4) is 0 Å². The molecule has 0 radical (unpaired) electrons. The van der Waals surface area contributed by atoms with Gasteiger partial charge < -0.3 is 5.32 Å². The number of anilines is 1. The van der Waals surface area contributed by atoms with Crippen molar-refractivity contribution in [2.24, 2.45) is 0 Å². The molecular weight excluding hydrogens is 248 g/mol. The van der Waals surface area contributed by atoms with Crippen LogP contribution >= 0.6 is 0 Å². The van der Waals surface area contributed by atoms with Crippen molar-refractivity contribution >= 4 is 11.6 Å². The Morgan fingerprint density at radius 1 is 1.25 bits per heavy atom. The molecule has 1 N–H and O–H groups in total. The standard InChI is InChI=1S/C17H26N2O/c1-13-8-7-11-16(14(13)2)18-17(20)12-19(3)15-9-5-4-6-10-15/h7-8,11,15H,4-6,9-10,12H2,1-3H3,(H,18,20). The minimum Gasteiger partial charge on any atom is -0.325 e. The number of rotatable bonds is 4. The maximum atomic E-state index is 12.2. The highest BCUT2D eigenvalue weighted by Crippen LogP contribution is 2.22. The van der Waals surface area contributed by atoms with Gasteiger partial charge >= 0.3 is 0 Å². The normalized spacial score (nSPS) is 16.4. The highest BCUT2D eigenvalue weighted by molar-refractivity contribution is 5.93. The van der Waals surface area contributed by atoms with Gasteiger partial charge in [0.1, 0.15) is 0 Å². The van der Waals surface area contributed by atoms with E-state index in [1.165, 1.54) is 37.7 Å². The molecule has 1 aromatic rings. The Labute approximate surface area is 122 Å². The maximum Gasteiger partial charge on any atom is 0.238 e. The van der Waals surface area contributed by atoms with Crippen LogP contribution in [0.5, 0.6) is 0 Å². The predicted octanol–water partition coefficient (Wildman–Crippen LogP) is 3.51. The van der Waals surface area contributed by atoms with Crippen LogP contribution in [-0.2, 0) is 4.79 Å². The minimum atomic E-state index is 0.0896.